The highest BCUT2D eigenvalue weighted by molar-refractivity contribution is 8.00. The monoisotopic (exact) mass is 305 g/mol. The lowest BCUT2D eigenvalue weighted by Crippen LogP contribution is -2.19. The van der Waals surface area contributed by atoms with Gasteiger partial charge in [-0.3, -0.25) is 4.79 Å². The smallest absolute Gasteiger partial charge is 0.218 e. The zero-order chi connectivity index (χ0) is 13.9. The van der Waals surface area contributed by atoms with Crippen LogP contribution in [0.4, 0.5) is 0 Å². The molecule has 0 spiro atoms. The third kappa shape index (κ3) is 4.46. The Bertz CT molecular complexity index is 552. The van der Waals surface area contributed by atoms with Gasteiger partial charge in [0.05, 0.1) is 17.5 Å². The molecule has 1 fully saturated rings. The van der Waals surface area contributed by atoms with Crippen LogP contribution in [0.25, 0.3) is 0 Å². The zero-order valence-electron chi connectivity index (χ0n) is 10.2. The summed E-state index contributed by atoms with van der Waals surface area (Å²) in [6.07, 6.45) is 2.00. The van der Waals surface area contributed by atoms with E-state index in [1.807, 2.05) is 0 Å². The number of sulfone groups is 1. The predicted octanol–water partition coefficient (Wildman–Crippen LogP) is -0.610. The largest absolute Gasteiger partial charge is 0.370 e. The summed E-state index contributed by atoms with van der Waals surface area (Å²) in [6, 6.07) is 0.365. The molecule has 1 aromatic rings. The van der Waals surface area contributed by atoms with E-state index in [9.17, 15) is 13.2 Å². The number of aromatic nitrogens is 4. The van der Waals surface area contributed by atoms with Crippen molar-refractivity contribution in [2.45, 2.75) is 30.5 Å². The van der Waals surface area contributed by atoms with E-state index < -0.39 is 15.7 Å². The summed E-state index contributed by atoms with van der Waals surface area (Å²) in [4.78, 5) is 10.6. The third-order valence-corrected chi connectivity index (χ3v) is 5.49. The first-order chi connectivity index (χ1) is 8.98. The van der Waals surface area contributed by atoms with Crippen LogP contribution < -0.4 is 5.73 Å². The molecule has 10 heteroatoms. The normalized spacial score (nSPS) is 15.6. The van der Waals surface area contributed by atoms with E-state index in [0.717, 1.165) is 12.8 Å². The van der Waals surface area contributed by atoms with E-state index in [2.05, 4.69) is 15.5 Å². The predicted molar refractivity (Wildman–Crippen MR) is 69.3 cm³/mol. The average molecular weight is 305 g/mol. The maximum atomic E-state index is 11.6. The summed E-state index contributed by atoms with van der Waals surface area (Å²) in [7, 11) is -3.25. The van der Waals surface area contributed by atoms with E-state index in [-0.39, 0.29) is 17.9 Å². The van der Waals surface area contributed by atoms with Gasteiger partial charge in [0.25, 0.3) is 0 Å². The van der Waals surface area contributed by atoms with Crippen molar-refractivity contribution in [3.63, 3.8) is 0 Å². The van der Waals surface area contributed by atoms with Crippen LogP contribution in [-0.4, -0.2) is 51.8 Å². The molecule has 1 aliphatic rings. The fraction of sp³-hybridized carbons (Fsp3) is 0.778. The van der Waals surface area contributed by atoms with Crippen LogP contribution in [0.1, 0.15) is 25.3 Å². The van der Waals surface area contributed by atoms with Crippen molar-refractivity contribution in [3.05, 3.63) is 0 Å². The summed E-state index contributed by atoms with van der Waals surface area (Å²) < 4.78 is 25.0. The minimum Gasteiger partial charge on any atom is -0.370 e. The molecule has 19 heavy (non-hydrogen) atoms. The van der Waals surface area contributed by atoms with Gasteiger partial charge in [0.1, 0.15) is 0 Å². The van der Waals surface area contributed by atoms with Crippen molar-refractivity contribution in [2.24, 2.45) is 5.73 Å². The number of carbonyl (C=O) groups excluding carboxylic acids is 1. The van der Waals surface area contributed by atoms with E-state index in [1.165, 1.54) is 11.8 Å². The molecular formula is C9H15N5O3S2. The fourth-order valence-electron chi connectivity index (χ4n) is 1.45. The van der Waals surface area contributed by atoms with Crippen LogP contribution in [0.5, 0.6) is 0 Å². The van der Waals surface area contributed by atoms with Gasteiger partial charge in [0.15, 0.2) is 9.84 Å². The minimum atomic E-state index is -3.25. The van der Waals surface area contributed by atoms with Crippen molar-refractivity contribution >= 4 is 27.5 Å². The fourth-order valence-corrected chi connectivity index (χ4v) is 4.11. The Morgan fingerprint density at radius 3 is 2.79 bits per heavy atom. The van der Waals surface area contributed by atoms with Crippen LogP contribution in [0.2, 0.25) is 0 Å². The number of hydrogen-bond donors (Lipinski definition) is 1. The molecule has 0 aliphatic heterocycles. The summed E-state index contributed by atoms with van der Waals surface area (Å²) >= 11 is 1.31. The van der Waals surface area contributed by atoms with Gasteiger partial charge in [0.2, 0.25) is 11.1 Å². The Kier molecular flexibility index (Phi) is 4.40. The maximum Gasteiger partial charge on any atom is 0.218 e. The first-order valence-electron chi connectivity index (χ1n) is 5.87. The van der Waals surface area contributed by atoms with E-state index in [4.69, 9.17) is 5.73 Å². The lowest BCUT2D eigenvalue weighted by atomic mass is 10.5. The number of rotatable bonds is 8. The summed E-state index contributed by atoms with van der Waals surface area (Å²) in [5.74, 6) is -0.443. The molecule has 1 saturated carbocycles. The molecule has 1 aliphatic carbocycles. The third-order valence-electron chi connectivity index (χ3n) is 2.64. The molecule has 0 saturated heterocycles. The van der Waals surface area contributed by atoms with Gasteiger partial charge in [-0.05, 0) is 23.3 Å². The Labute approximate surface area is 115 Å². The Balaban J connectivity index is 1.79. The van der Waals surface area contributed by atoms with Gasteiger partial charge in [-0.1, -0.05) is 11.8 Å². The topological polar surface area (TPSA) is 121 Å². The number of thioether (sulfide) groups is 1. The van der Waals surface area contributed by atoms with Crippen LogP contribution >= 0.6 is 11.8 Å². The lowest BCUT2D eigenvalue weighted by Gasteiger charge is -2.03. The van der Waals surface area contributed by atoms with Crippen molar-refractivity contribution in [1.29, 1.82) is 0 Å². The quantitative estimate of drug-likeness (QED) is 0.636. The highest BCUT2D eigenvalue weighted by Crippen LogP contribution is 2.36. The van der Waals surface area contributed by atoms with Crippen molar-refractivity contribution in [2.75, 3.05) is 17.3 Å². The van der Waals surface area contributed by atoms with Gasteiger partial charge in [-0.2, -0.15) is 0 Å². The highest BCUT2D eigenvalue weighted by atomic mass is 32.2. The Hall–Kier alpha value is -1.16. The SMILES string of the molecule is NC(=O)CCS(=O)(=O)CCSc1nnnn1C1CC1. The van der Waals surface area contributed by atoms with Crippen molar-refractivity contribution < 1.29 is 13.2 Å². The van der Waals surface area contributed by atoms with Gasteiger partial charge in [-0.15, -0.1) is 5.10 Å². The van der Waals surface area contributed by atoms with Crippen LogP contribution in [0, 0.1) is 0 Å². The number of carbonyl (C=O) groups is 1. The number of amides is 1. The number of tetrazole rings is 1. The van der Waals surface area contributed by atoms with E-state index >= 15 is 0 Å². The van der Waals surface area contributed by atoms with Crippen LogP contribution in [0.15, 0.2) is 5.16 Å². The van der Waals surface area contributed by atoms with Crippen LogP contribution in [-0.2, 0) is 14.6 Å². The van der Waals surface area contributed by atoms with Crippen LogP contribution in [0.3, 0.4) is 0 Å². The molecule has 0 unspecified atom stereocenters. The van der Waals surface area contributed by atoms with Gasteiger partial charge < -0.3 is 5.73 Å². The summed E-state index contributed by atoms with van der Waals surface area (Å²) in [5, 5.41) is 12.0. The zero-order valence-corrected chi connectivity index (χ0v) is 11.9. The van der Waals surface area contributed by atoms with E-state index in [1.54, 1.807) is 4.68 Å². The second kappa shape index (κ2) is 5.87. The molecule has 1 heterocycles. The molecule has 0 atom stereocenters. The Morgan fingerprint density at radius 1 is 1.42 bits per heavy atom. The molecule has 0 aromatic carbocycles. The molecule has 2 N–H and O–H groups in total. The molecule has 2 rings (SSSR count). The number of hydrogen-bond acceptors (Lipinski definition) is 7. The van der Waals surface area contributed by atoms with Gasteiger partial charge >= 0.3 is 0 Å². The number of nitrogens with two attached hydrogens (primary N) is 1. The van der Waals surface area contributed by atoms with Crippen molar-refractivity contribution in [3.8, 4) is 0 Å². The minimum absolute atomic E-state index is 0.0114. The summed E-state index contributed by atoms with van der Waals surface area (Å²) in [5.41, 5.74) is 4.93. The molecule has 0 radical (unpaired) electrons. The molecule has 0 bridgehead atoms. The second-order valence-corrected chi connectivity index (χ2v) is 7.72. The summed E-state index contributed by atoms with van der Waals surface area (Å²) in [6.45, 7) is 0. The molecule has 1 aromatic heterocycles. The molecule has 1 amide bonds. The first-order valence-corrected chi connectivity index (χ1v) is 8.68. The van der Waals surface area contributed by atoms with Crippen molar-refractivity contribution in [1.82, 2.24) is 20.2 Å². The molecular weight excluding hydrogens is 290 g/mol. The number of primary amides is 1. The Morgan fingerprint density at radius 2 is 2.16 bits per heavy atom. The van der Waals surface area contributed by atoms with E-state index in [0.29, 0.717) is 17.0 Å². The lowest BCUT2D eigenvalue weighted by molar-refractivity contribution is -0.117. The maximum absolute atomic E-state index is 11.6. The van der Waals surface area contributed by atoms with Gasteiger partial charge in [-0.25, -0.2) is 13.1 Å². The molecule has 106 valence electrons. The first kappa shape index (κ1) is 14.3. The highest BCUT2D eigenvalue weighted by Gasteiger charge is 2.28. The average Bonchev–Trinajstić information content (AvgIpc) is 3.07. The second-order valence-electron chi connectivity index (χ2n) is 4.35. The molecule has 8 nitrogen and oxygen atoms in total. The van der Waals surface area contributed by atoms with Gasteiger partial charge in [0, 0.05) is 12.2 Å². The number of nitrogens with zero attached hydrogens (tertiary/aromatic N) is 4. The standard InChI is InChI=1S/C9H15N5O3S2/c10-8(15)3-5-19(16,17)6-4-18-9-11-12-13-14(9)7-1-2-7/h7H,1-6H2,(H2,10,15).